The second kappa shape index (κ2) is 9.44. The van der Waals surface area contributed by atoms with Crippen LogP contribution in [0.25, 0.3) is 0 Å². The van der Waals surface area contributed by atoms with E-state index in [9.17, 15) is 4.79 Å². The fourth-order valence-electron chi connectivity index (χ4n) is 3.39. The fraction of sp³-hybridized carbons (Fsp3) is 0.455. The number of rotatable bonds is 7. The van der Waals surface area contributed by atoms with Gasteiger partial charge in [0, 0.05) is 25.8 Å². The van der Waals surface area contributed by atoms with E-state index in [-0.39, 0.29) is 5.91 Å². The van der Waals surface area contributed by atoms with Crippen molar-refractivity contribution in [2.75, 3.05) is 39.2 Å². The van der Waals surface area contributed by atoms with Crippen molar-refractivity contribution in [3.8, 4) is 11.5 Å². The molecule has 1 saturated heterocycles. The molecule has 6 heteroatoms. The molecular formula is C22H29N3O3. The Balaban J connectivity index is 1.51. The molecule has 1 amide bonds. The molecule has 0 radical (unpaired) electrons. The number of methoxy groups -OCH3 is 2. The van der Waals surface area contributed by atoms with E-state index >= 15 is 0 Å². The van der Waals surface area contributed by atoms with Crippen molar-refractivity contribution in [2.24, 2.45) is 5.92 Å². The van der Waals surface area contributed by atoms with Crippen molar-refractivity contribution in [1.82, 2.24) is 9.88 Å². The van der Waals surface area contributed by atoms with Crippen LogP contribution < -0.4 is 14.8 Å². The van der Waals surface area contributed by atoms with Gasteiger partial charge >= 0.3 is 0 Å². The van der Waals surface area contributed by atoms with Gasteiger partial charge in [-0.2, -0.15) is 0 Å². The largest absolute Gasteiger partial charge is 0.493 e. The first kappa shape index (κ1) is 20.0. The maximum Gasteiger partial charge on any atom is 0.255 e. The molecule has 1 aliphatic rings. The van der Waals surface area contributed by atoms with Gasteiger partial charge in [-0.05, 0) is 55.0 Å². The van der Waals surface area contributed by atoms with Crippen molar-refractivity contribution in [2.45, 2.75) is 26.2 Å². The second-order valence-corrected chi connectivity index (χ2v) is 7.27. The van der Waals surface area contributed by atoms with Crippen molar-refractivity contribution in [3.63, 3.8) is 0 Å². The summed E-state index contributed by atoms with van der Waals surface area (Å²) in [6.45, 7) is 4.66. The number of nitrogens with zero attached hydrogens (tertiary/aromatic N) is 2. The van der Waals surface area contributed by atoms with E-state index in [4.69, 9.17) is 9.47 Å². The third-order valence-corrected chi connectivity index (χ3v) is 5.25. The maximum atomic E-state index is 12.6. The molecule has 0 atom stereocenters. The number of pyridine rings is 1. The normalized spacial score (nSPS) is 14.6. The number of nitrogens with one attached hydrogen (secondary N) is 1. The van der Waals surface area contributed by atoms with Gasteiger partial charge in [0.1, 0.15) is 5.82 Å². The quantitative estimate of drug-likeness (QED) is 0.791. The number of piperidine rings is 1. The van der Waals surface area contributed by atoms with Gasteiger partial charge in [-0.3, -0.25) is 4.79 Å². The Hall–Kier alpha value is -2.76. The summed E-state index contributed by atoms with van der Waals surface area (Å²) < 4.78 is 10.6. The Morgan fingerprint density at radius 1 is 1.14 bits per heavy atom. The van der Waals surface area contributed by atoms with Crippen LogP contribution in [0.1, 0.15) is 35.7 Å². The average molecular weight is 383 g/mol. The Morgan fingerprint density at radius 3 is 2.54 bits per heavy atom. The Labute approximate surface area is 166 Å². The summed E-state index contributed by atoms with van der Waals surface area (Å²) in [5.41, 5.74) is 1.80. The van der Waals surface area contributed by atoms with Crippen LogP contribution in [-0.2, 0) is 6.42 Å². The molecule has 2 heterocycles. The van der Waals surface area contributed by atoms with E-state index in [0.29, 0.717) is 11.5 Å². The third-order valence-electron chi connectivity index (χ3n) is 5.25. The van der Waals surface area contributed by atoms with Gasteiger partial charge in [0.2, 0.25) is 0 Å². The van der Waals surface area contributed by atoms with Crippen LogP contribution in [0.4, 0.5) is 5.82 Å². The highest BCUT2D eigenvalue weighted by Crippen LogP contribution is 2.27. The predicted octanol–water partition coefficient (Wildman–Crippen LogP) is 3.63. The zero-order valence-electron chi connectivity index (χ0n) is 16.9. The molecular weight excluding hydrogens is 354 g/mol. The number of amides is 1. The van der Waals surface area contributed by atoms with Crippen LogP contribution in [0.3, 0.4) is 0 Å². The summed E-state index contributed by atoms with van der Waals surface area (Å²) in [5.74, 6) is 3.01. The van der Waals surface area contributed by atoms with Gasteiger partial charge in [-0.15, -0.1) is 0 Å². The molecule has 1 fully saturated rings. The topological polar surface area (TPSA) is 63.7 Å². The smallest absolute Gasteiger partial charge is 0.255 e. The predicted molar refractivity (Wildman–Crippen MR) is 110 cm³/mol. The van der Waals surface area contributed by atoms with Crippen molar-refractivity contribution >= 4 is 11.7 Å². The monoisotopic (exact) mass is 383 g/mol. The minimum Gasteiger partial charge on any atom is -0.493 e. The van der Waals surface area contributed by atoms with E-state index in [1.54, 1.807) is 20.4 Å². The van der Waals surface area contributed by atoms with Crippen LogP contribution in [0.15, 0.2) is 36.5 Å². The number of hydrogen-bond donors (Lipinski definition) is 1. The van der Waals surface area contributed by atoms with Crippen molar-refractivity contribution in [3.05, 3.63) is 47.7 Å². The molecule has 28 heavy (non-hydrogen) atoms. The van der Waals surface area contributed by atoms with Gasteiger partial charge in [-0.25, -0.2) is 4.98 Å². The van der Waals surface area contributed by atoms with Crippen LogP contribution in [0, 0.1) is 5.92 Å². The molecule has 150 valence electrons. The van der Waals surface area contributed by atoms with Crippen LogP contribution >= 0.6 is 0 Å². The zero-order chi connectivity index (χ0) is 19.9. The molecule has 0 spiro atoms. The standard InChI is InChI=1S/C22H29N3O3/c1-16-9-12-25(13-10-16)22(26)18-5-7-21(24-15-18)23-11-8-17-4-6-19(27-2)20(14-17)28-3/h4-7,14-16H,8-13H2,1-3H3,(H,23,24). The van der Waals surface area contributed by atoms with Gasteiger partial charge in [0.15, 0.2) is 11.5 Å². The minimum atomic E-state index is 0.0799. The Bertz CT molecular complexity index is 784. The van der Waals surface area contributed by atoms with Gasteiger partial charge in [-0.1, -0.05) is 13.0 Å². The number of ether oxygens (including phenoxy) is 2. The molecule has 1 aromatic heterocycles. The molecule has 6 nitrogen and oxygen atoms in total. The van der Waals surface area contributed by atoms with E-state index in [1.165, 1.54) is 0 Å². The third kappa shape index (κ3) is 4.94. The summed E-state index contributed by atoms with van der Waals surface area (Å²) >= 11 is 0. The zero-order valence-corrected chi connectivity index (χ0v) is 16.9. The lowest BCUT2D eigenvalue weighted by Gasteiger charge is -2.30. The van der Waals surface area contributed by atoms with E-state index in [0.717, 1.165) is 61.8 Å². The number of anilines is 1. The molecule has 3 rings (SSSR count). The summed E-state index contributed by atoms with van der Waals surface area (Å²) in [6, 6.07) is 9.64. The summed E-state index contributed by atoms with van der Waals surface area (Å²) in [7, 11) is 3.27. The maximum absolute atomic E-state index is 12.6. The highest BCUT2D eigenvalue weighted by atomic mass is 16.5. The minimum absolute atomic E-state index is 0.0799. The molecule has 1 N–H and O–H groups in total. The van der Waals surface area contributed by atoms with Crippen LogP contribution in [0.5, 0.6) is 11.5 Å². The number of aromatic nitrogens is 1. The van der Waals surface area contributed by atoms with Gasteiger partial charge in [0.05, 0.1) is 19.8 Å². The first-order valence-electron chi connectivity index (χ1n) is 9.81. The van der Waals surface area contributed by atoms with E-state index in [1.807, 2.05) is 35.2 Å². The van der Waals surface area contributed by atoms with Crippen molar-refractivity contribution in [1.29, 1.82) is 0 Å². The Kier molecular flexibility index (Phi) is 6.74. The first-order valence-corrected chi connectivity index (χ1v) is 9.81. The van der Waals surface area contributed by atoms with Crippen LogP contribution in [-0.4, -0.2) is 49.6 Å². The fourth-order valence-corrected chi connectivity index (χ4v) is 3.39. The van der Waals surface area contributed by atoms with E-state index < -0.39 is 0 Å². The molecule has 0 saturated carbocycles. The summed E-state index contributed by atoms with van der Waals surface area (Å²) in [5, 5.41) is 3.30. The average Bonchev–Trinajstić information content (AvgIpc) is 2.74. The van der Waals surface area contributed by atoms with Crippen LogP contribution in [0.2, 0.25) is 0 Å². The lowest BCUT2D eigenvalue weighted by atomic mass is 9.99. The van der Waals surface area contributed by atoms with E-state index in [2.05, 4.69) is 17.2 Å². The number of hydrogen-bond acceptors (Lipinski definition) is 5. The lowest BCUT2D eigenvalue weighted by Crippen LogP contribution is -2.37. The highest BCUT2D eigenvalue weighted by Gasteiger charge is 2.21. The molecule has 1 aliphatic heterocycles. The summed E-state index contributed by atoms with van der Waals surface area (Å²) in [6.07, 6.45) is 4.65. The lowest BCUT2D eigenvalue weighted by molar-refractivity contribution is 0.0697. The molecule has 1 aromatic carbocycles. The molecule has 0 bridgehead atoms. The van der Waals surface area contributed by atoms with Gasteiger partial charge < -0.3 is 19.7 Å². The number of carbonyl (C=O) groups is 1. The molecule has 0 aliphatic carbocycles. The molecule has 0 unspecified atom stereocenters. The SMILES string of the molecule is COc1ccc(CCNc2ccc(C(=O)N3CCC(C)CC3)cn2)cc1OC. The second-order valence-electron chi connectivity index (χ2n) is 7.27. The molecule has 2 aromatic rings. The van der Waals surface area contributed by atoms with Gasteiger partial charge in [0.25, 0.3) is 5.91 Å². The number of benzene rings is 1. The first-order chi connectivity index (χ1) is 13.6. The number of likely N-dealkylation sites (tertiary alicyclic amines) is 1. The Morgan fingerprint density at radius 2 is 1.89 bits per heavy atom. The highest BCUT2D eigenvalue weighted by molar-refractivity contribution is 5.94. The number of carbonyl (C=O) groups excluding carboxylic acids is 1. The van der Waals surface area contributed by atoms with Crippen molar-refractivity contribution < 1.29 is 14.3 Å². The summed E-state index contributed by atoms with van der Waals surface area (Å²) in [4.78, 5) is 18.9.